The standard InChI is InChI=1S/C37H57N5O7S/c1-8-18-42(36(45)32(25(5)9-2)40-34(44)29-17-13-14-19-41(29)6)30(24(3)4)21-31(49-23-48-7)35-39-28(22-50-35)33(43)38-27(37(46)47)20-26-15-11-10-12-16-26/h10-12,15-16,22,24-25,27,29-32H,8-9,13-14,17-21,23H2,1-7H3,(H,38,43)(H,40,44)(H,46,47)/t25-,27-,29?,30?,31?,32?/m0/s1. The van der Waals surface area contributed by atoms with E-state index in [9.17, 15) is 24.3 Å². The first kappa shape index (κ1) is 41.0. The van der Waals surface area contributed by atoms with Gasteiger partial charge < -0.3 is 30.1 Å². The monoisotopic (exact) mass is 715 g/mol. The number of nitrogens with one attached hydrogen (secondary N) is 2. The first-order chi connectivity index (χ1) is 23.9. The molecule has 0 aliphatic carbocycles. The van der Waals surface area contributed by atoms with Crippen LogP contribution in [0.25, 0.3) is 0 Å². The Balaban J connectivity index is 1.85. The van der Waals surface area contributed by atoms with Crippen molar-refractivity contribution in [2.24, 2.45) is 11.8 Å². The van der Waals surface area contributed by atoms with E-state index in [4.69, 9.17) is 9.47 Å². The normalized spacial score (nSPS) is 18.1. The van der Waals surface area contributed by atoms with Crippen LogP contribution >= 0.6 is 11.3 Å². The second-order valence-electron chi connectivity index (χ2n) is 13.6. The fourth-order valence-corrected chi connectivity index (χ4v) is 7.25. The molecule has 1 aromatic heterocycles. The number of carboxylic acid groups (broad SMARTS) is 1. The molecule has 13 heteroatoms. The first-order valence-electron chi connectivity index (χ1n) is 17.9. The fourth-order valence-electron chi connectivity index (χ4n) is 6.39. The Labute approximate surface area is 301 Å². The lowest BCUT2D eigenvalue weighted by Crippen LogP contribution is -2.58. The van der Waals surface area contributed by atoms with Crippen molar-refractivity contribution in [3.8, 4) is 0 Å². The van der Waals surface area contributed by atoms with E-state index in [1.807, 2.05) is 63.1 Å². The Morgan fingerprint density at radius 2 is 1.82 bits per heavy atom. The number of nitrogens with zero attached hydrogens (tertiary/aromatic N) is 3. The molecule has 3 rings (SSSR count). The predicted molar refractivity (Wildman–Crippen MR) is 194 cm³/mol. The van der Waals surface area contributed by atoms with Crippen LogP contribution < -0.4 is 10.6 Å². The van der Waals surface area contributed by atoms with E-state index in [0.717, 1.165) is 44.2 Å². The molecular weight excluding hydrogens is 659 g/mol. The van der Waals surface area contributed by atoms with Gasteiger partial charge in [-0.2, -0.15) is 0 Å². The molecule has 0 spiro atoms. The van der Waals surface area contributed by atoms with Crippen LogP contribution in [0.4, 0.5) is 0 Å². The molecule has 4 unspecified atom stereocenters. The summed E-state index contributed by atoms with van der Waals surface area (Å²) in [7, 11) is 3.48. The summed E-state index contributed by atoms with van der Waals surface area (Å²) < 4.78 is 11.4. The molecule has 0 radical (unpaired) electrons. The van der Waals surface area contributed by atoms with Crippen LogP contribution in [0.3, 0.4) is 0 Å². The SMILES string of the molecule is CCCN(C(=O)C(NC(=O)C1CCCCN1C)[C@@H](C)CC)C(CC(OCOC)c1nc(C(=O)N[C@@H](Cc2ccccc2)C(=O)O)cs1)C(C)C. The highest BCUT2D eigenvalue weighted by Crippen LogP contribution is 2.31. The molecule has 3 N–H and O–H groups in total. The van der Waals surface area contributed by atoms with Crippen molar-refractivity contribution in [2.75, 3.05) is 34.0 Å². The number of likely N-dealkylation sites (N-methyl/N-ethyl adjacent to an activating group) is 1. The van der Waals surface area contributed by atoms with Gasteiger partial charge in [-0.1, -0.05) is 77.8 Å². The van der Waals surface area contributed by atoms with Crippen LogP contribution in [0, 0.1) is 11.8 Å². The number of piperidine rings is 1. The summed E-state index contributed by atoms with van der Waals surface area (Å²) >= 11 is 1.24. The van der Waals surface area contributed by atoms with Gasteiger partial charge >= 0.3 is 5.97 Å². The molecule has 1 aliphatic heterocycles. The molecule has 0 saturated carbocycles. The maximum absolute atomic E-state index is 14.5. The molecule has 1 fully saturated rings. The second-order valence-corrected chi connectivity index (χ2v) is 14.5. The molecule has 12 nitrogen and oxygen atoms in total. The van der Waals surface area contributed by atoms with Crippen LogP contribution in [-0.4, -0.2) is 102 Å². The van der Waals surface area contributed by atoms with Crippen molar-refractivity contribution in [3.05, 3.63) is 52.0 Å². The van der Waals surface area contributed by atoms with Crippen molar-refractivity contribution >= 4 is 35.0 Å². The molecule has 1 aromatic carbocycles. The summed E-state index contributed by atoms with van der Waals surface area (Å²) in [5.74, 6) is -2.02. The number of aromatic nitrogens is 1. The Hall–Kier alpha value is -3.39. The molecule has 278 valence electrons. The highest BCUT2D eigenvalue weighted by molar-refractivity contribution is 7.09. The first-order valence-corrected chi connectivity index (χ1v) is 18.7. The highest BCUT2D eigenvalue weighted by atomic mass is 32.1. The smallest absolute Gasteiger partial charge is 0.326 e. The maximum Gasteiger partial charge on any atom is 0.326 e. The molecular formula is C37H57N5O7S. The Morgan fingerprint density at radius 3 is 2.42 bits per heavy atom. The zero-order valence-corrected chi connectivity index (χ0v) is 31.5. The number of ether oxygens (including phenoxy) is 2. The molecule has 1 saturated heterocycles. The van der Waals surface area contributed by atoms with Crippen molar-refractivity contribution in [1.82, 2.24) is 25.4 Å². The minimum Gasteiger partial charge on any atom is -0.480 e. The Bertz CT molecular complexity index is 1370. The van der Waals surface area contributed by atoms with Gasteiger partial charge in [0.15, 0.2) is 0 Å². The number of benzene rings is 1. The van der Waals surface area contributed by atoms with E-state index in [0.29, 0.717) is 18.0 Å². The number of amides is 3. The number of hydrogen-bond acceptors (Lipinski definition) is 9. The number of hydrogen-bond donors (Lipinski definition) is 3. The van der Waals surface area contributed by atoms with Gasteiger partial charge in [0, 0.05) is 37.9 Å². The zero-order valence-electron chi connectivity index (χ0n) is 30.7. The Kier molecular flexibility index (Phi) is 16.8. The van der Waals surface area contributed by atoms with Gasteiger partial charge in [0.2, 0.25) is 11.8 Å². The second kappa shape index (κ2) is 20.5. The number of carbonyl (C=O) groups is 4. The number of carbonyl (C=O) groups excluding carboxylic acids is 3. The largest absolute Gasteiger partial charge is 0.480 e. The number of methoxy groups -OCH3 is 1. The third-order valence-corrected chi connectivity index (χ3v) is 10.5. The van der Waals surface area contributed by atoms with Gasteiger partial charge in [-0.05, 0) is 50.3 Å². The minimum absolute atomic E-state index is 0.0222. The van der Waals surface area contributed by atoms with E-state index >= 15 is 0 Å². The van der Waals surface area contributed by atoms with Crippen LogP contribution in [-0.2, 0) is 30.3 Å². The summed E-state index contributed by atoms with van der Waals surface area (Å²) in [6.45, 7) is 11.5. The third-order valence-electron chi connectivity index (χ3n) is 9.53. The lowest BCUT2D eigenvalue weighted by molar-refractivity contribution is -0.144. The van der Waals surface area contributed by atoms with Crippen LogP contribution in [0.1, 0.15) is 100 Å². The van der Waals surface area contributed by atoms with Crippen molar-refractivity contribution < 1.29 is 33.8 Å². The minimum atomic E-state index is -1.14. The highest BCUT2D eigenvalue weighted by Gasteiger charge is 2.38. The van der Waals surface area contributed by atoms with Crippen LogP contribution in [0.2, 0.25) is 0 Å². The summed E-state index contributed by atoms with van der Waals surface area (Å²) in [4.78, 5) is 61.8. The van der Waals surface area contributed by atoms with Crippen molar-refractivity contribution in [1.29, 1.82) is 0 Å². The van der Waals surface area contributed by atoms with Crippen LogP contribution in [0.5, 0.6) is 0 Å². The molecule has 6 atom stereocenters. The summed E-state index contributed by atoms with van der Waals surface area (Å²) in [5, 5.41) is 17.7. The van der Waals surface area contributed by atoms with Gasteiger partial charge in [0.25, 0.3) is 5.91 Å². The van der Waals surface area contributed by atoms with Gasteiger partial charge in [0.05, 0.1) is 6.04 Å². The van der Waals surface area contributed by atoms with E-state index in [1.165, 1.54) is 18.4 Å². The topological polar surface area (TPSA) is 150 Å². The van der Waals surface area contributed by atoms with Gasteiger partial charge in [0.1, 0.15) is 35.7 Å². The zero-order chi connectivity index (χ0) is 36.8. The van der Waals surface area contributed by atoms with Gasteiger partial charge in [-0.3, -0.25) is 19.3 Å². The third kappa shape index (κ3) is 11.6. The number of likely N-dealkylation sites (tertiary alicyclic amines) is 1. The van der Waals surface area contributed by atoms with E-state index in [-0.39, 0.29) is 54.6 Å². The van der Waals surface area contributed by atoms with E-state index in [2.05, 4.69) is 34.4 Å². The van der Waals surface area contributed by atoms with Crippen molar-refractivity contribution in [3.63, 3.8) is 0 Å². The molecule has 2 aromatic rings. The number of aliphatic carboxylic acids is 1. The van der Waals surface area contributed by atoms with E-state index in [1.54, 1.807) is 5.38 Å². The average Bonchev–Trinajstić information content (AvgIpc) is 3.60. The summed E-state index contributed by atoms with van der Waals surface area (Å²) in [5.41, 5.74) is 0.875. The molecule has 3 amide bonds. The van der Waals surface area contributed by atoms with Gasteiger partial charge in [-0.25, -0.2) is 9.78 Å². The molecule has 50 heavy (non-hydrogen) atoms. The quantitative estimate of drug-likeness (QED) is 0.163. The number of rotatable bonds is 20. The van der Waals surface area contributed by atoms with Crippen molar-refractivity contribution in [2.45, 2.75) is 110 Å². The lowest BCUT2D eigenvalue weighted by Gasteiger charge is -2.40. The number of carboxylic acids is 1. The summed E-state index contributed by atoms with van der Waals surface area (Å²) in [6.07, 6.45) is 4.15. The van der Waals surface area contributed by atoms with Crippen LogP contribution in [0.15, 0.2) is 35.7 Å². The van der Waals surface area contributed by atoms with E-state index < -0.39 is 30.1 Å². The fraction of sp³-hybridized carbons (Fsp3) is 0.649. The van der Waals surface area contributed by atoms with Gasteiger partial charge in [-0.15, -0.1) is 11.3 Å². The lowest BCUT2D eigenvalue weighted by atomic mass is 9.92. The Morgan fingerprint density at radius 1 is 1.10 bits per heavy atom. The molecule has 2 heterocycles. The predicted octanol–water partition coefficient (Wildman–Crippen LogP) is 4.90. The maximum atomic E-state index is 14.5. The summed E-state index contributed by atoms with van der Waals surface area (Å²) in [6, 6.07) is 6.76. The molecule has 0 bridgehead atoms. The molecule has 1 aliphatic rings. The average molecular weight is 716 g/mol. The number of thiazole rings is 1.